The number of aromatic hydroxyl groups is 1. The van der Waals surface area contributed by atoms with Crippen LogP contribution in [0, 0.1) is 0 Å². The molecule has 1 amide bonds. The molecule has 0 spiro atoms. The van der Waals surface area contributed by atoms with Crippen LogP contribution in [0.5, 0.6) is 5.75 Å². The Morgan fingerprint density at radius 3 is 2.48 bits per heavy atom. The molecule has 1 aromatic carbocycles. The third-order valence-corrected chi connectivity index (χ3v) is 6.14. The Morgan fingerprint density at radius 1 is 1.32 bits per heavy atom. The average Bonchev–Trinajstić information content (AvgIpc) is 2.92. The van der Waals surface area contributed by atoms with E-state index in [1.165, 1.54) is 29.2 Å². The number of phenolic OH excluding ortho intramolecular Hbond substituents is 1. The van der Waals surface area contributed by atoms with Gasteiger partial charge < -0.3 is 14.7 Å². The van der Waals surface area contributed by atoms with Gasteiger partial charge in [0.05, 0.1) is 17.1 Å². The summed E-state index contributed by atoms with van der Waals surface area (Å²) in [7, 11) is -3.12. The zero-order chi connectivity index (χ0) is 18.6. The van der Waals surface area contributed by atoms with Crippen molar-refractivity contribution in [2.75, 3.05) is 18.1 Å². The van der Waals surface area contributed by atoms with Crippen molar-refractivity contribution in [2.24, 2.45) is 0 Å². The van der Waals surface area contributed by atoms with E-state index in [1.54, 1.807) is 0 Å². The lowest BCUT2D eigenvalue weighted by Gasteiger charge is -2.33. The molecule has 8 heteroatoms. The average molecular weight is 369 g/mol. The van der Waals surface area contributed by atoms with Crippen LogP contribution in [-0.2, 0) is 19.4 Å². The predicted octanol–water partition coefficient (Wildman–Crippen LogP) is 1.36. The highest BCUT2D eigenvalue weighted by atomic mass is 32.2. The second-order valence-corrected chi connectivity index (χ2v) is 8.47. The summed E-state index contributed by atoms with van der Waals surface area (Å²) in [4.78, 5) is 26.1. The number of carbonyl (C=O) groups excluding carboxylic acids is 2. The van der Waals surface area contributed by atoms with E-state index >= 15 is 0 Å². The Bertz CT molecular complexity index is 728. The molecule has 1 aliphatic heterocycles. The number of ether oxygens (including phenoxy) is 1. The first-order chi connectivity index (χ1) is 11.7. The predicted molar refractivity (Wildman–Crippen MR) is 92.0 cm³/mol. The molecule has 0 aliphatic carbocycles. The summed E-state index contributed by atoms with van der Waals surface area (Å²) in [6.07, 6.45) is 1.08. The van der Waals surface area contributed by atoms with Gasteiger partial charge in [-0.15, -0.1) is 0 Å². The Labute approximate surface area is 147 Å². The largest absolute Gasteiger partial charge is 0.508 e. The molecule has 2 rings (SSSR count). The van der Waals surface area contributed by atoms with E-state index in [1.807, 2.05) is 13.8 Å². The van der Waals surface area contributed by atoms with E-state index in [-0.39, 0.29) is 34.9 Å². The van der Waals surface area contributed by atoms with Crippen LogP contribution in [-0.4, -0.2) is 60.5 Å². The summed E-state index contributed by atoms with van der Waals surface area (Å²) in [5.41, 5.74) is 0.226. The number of esters is 1. The fourth-order valence-corrected chi connectivity index (χ4v) is 4.59. The van der Waals surface area contributed by atoms with Crippen LogP contribution >= 0.6 is 0 Å². The van der Waals surface area contributed by atoms with Crippen molar-refractivity contribution in [3.8, 4) is 5.75 Å². The SMILES string of the molecule is CC[C@@H](C)N(C(=O)COC(=O)c1ccc(O)cc1)[C@@H]1CCS(=O)(=O)C1. The van der Waals surface area contributed by atoms with Crippen LogP contribution in [0.3, 0.4) is 0 Å². The van der Waals surface area contributed by atoms with E-state index in [9.17, 15) is 23.1 Å². The molecular weight excluding hydrogens is 346 g/mol. The summed E-state index contributed by atoms with van der Waals surface area (Å²) in [6.45, 7) is 3.32. The van der Waals surface area contributed by atoms with Crippen molar-refractivity contribution in [1.29, 1.82) is 0 Å². The standard InChI is InChI=1S/C17H23NO6S/c1-3-12(2)18(14-8-9-25(22,23)11-14)16(20)10-24-17(21)13-4-6-15(19)7-5-13/h4-7,12,14,19H,3,8-11H2,1-2H3/t12-,14-/m1/s1. The van der Waals surface area contributed by atoms with E-state index in [2.05, 4.69) is 0 Å². The quantitative estimate of drug-likeness (QED) is 0.760. The van der Waals surface area contributed by atoms with Crippen LogP contribution in [0.15, 0.2) is 24.3 Å². The fourth-order valence-electron chi connectivity index (χ4n) is 2.88. The van der Waals surface area contributed by atoms with Gasteiger partial charge in [0.25, 0.3) is 5.91 Å². The minimum absolute atomic E-state index is 0.0259. The molecular formula is C17H23NO6S. The van der Waals surface area contributed by atoms with Crippen molar-refractivity contribution in [1.82, 2.24) is 4.90 Å². The van der Waals surface area contributed by atoms with Crippen LogP contribution in [0.4, 0.5) is 0 Å². The number of benzene rings is 1. The molecule has 1 fully saturated rings. The second kappa shape index (κ2) is 7.86. The molecule has 0 bridgehead atoms. The van der Waals surface area contributed by atoms with Crippen molar-refractivity contribution >= 4 is 21.7 Å². The maximum atomic E-state index is 12.5. The minimum Gasteiger partial charge on any atom is -0.508 e. The molecule has 25 heavy (non-hydrogen) atoms. The molecule has 0 saturated carbocycles. The van der Waals surface area contributed by atoms with Crippen molar-refractivity contribution < 1.29 is 27.9 Å². The van der Waals surface area contributed by atoms with Gasteiger partial charge in [-0.3, -0.25) is 4.79 Å². The fraction of sp³-hybridized carbons (Fsp3) is 0.529. The van der Waals surface area contributed by atoms with Crippen LogP contribution in [0.2, 0.25) is 0 Å². The highest BCUT2D eigenvalue weighted by Gasteiger charge is 2.36. The molecule has 1 aliphatic rings. The molecule has 0 aromatic heterocycles. The molecule has 1 aromatic rings. The van der Waals surface area contributed by atoms with Gasteiger partial charge in [0.15, 0.2) is 16.4 Å². The molecule has 7 nitrogen and oxygen atoms in total. The number of hydrogen-bond acceptors (Lipinski definition) is 6. The summed E-state index contributed by atoms with van der Waals surface area (Å²) in [5, 5.41) is 9.22. The van der Waals surface area contributed by atoms with E-state index in [0.29, 0.717) is 12.8 Å². The molecule has 1 saturated heterocycles. The molecule has 138 valence electrons. The molecule has 0 radical (unpaired) electrons. The minimum atomic E-state index is -3.12. The van der Waals surface area contributed by atoms with E-state index in [0.717, 1.165) is 0 Å². The summed E-state index contributed by atoms with van der Waals surface area (Å²) in [6, 6.07) is 4.99. The normalized spacial score (nSPS) is 20.0. The lowest BCUT2D eigenvalue weighted by molar-refractivity contribution is -0.138. The lowest BCUT2D eigenvalue weighted by atomic mass is 10.1. The third-order valence-electron chi connectivity index (χ3n) is 4.39. The smallest absolute Gasteiger partial charge is 0.338 e. The van der Waals surface area contributed by atoms with Crippen molar-refractivity contribution in [3.05, 3.63) is 29.8 Å². The van der Waals surface area contributed by atoms with Crippen molar-refractivity contribution in [3.63, 3.8) is 0 Å². The zero-order valence-corrected chi connectivity index (χ0v) is 15.2. The molecule has 2 atom stereocenters. The van der Waals surface area contributed by atoms with E-state index < -0.39 is 28.3 Å². The zero-order valence-electron chi connectivity index (χ0n) is 14.3. The monoisotopic (exact) mass is 369 g/mol. The number of phenols is 1. The van der Waals surface area contributed by atoms with Gasteiger partial charge in [0.2, 0.25) is 0 Å². The van der Waals surface area contributed by atoms with Gasteiger partial charge >= 0.3 is 5.97 Å². The van der Waals surface area contributed by atoms with Crippen LogP contribution < -0.4 is 0 Å². The van der Waals surface area contributed by atoms with E-state index in [4.69, 9.17) is 4.74 Å². The lowest BCUT2D eigenvalue weighted by Crippen LogP contribution is -2.48. The Hall–Kier alpha value is -2.09. The number of carbonyl (C=O) groups is 2. The first-order valence-electron chi connectivity index (χ1n) is 8.21. The summed E-state index contributed by atoms with van der Waals surface area (Å²) in [5.74, 6) is -1.02. The molecule has 1 heterocycles. The van der Waals surface area contributed by atoms with Gasteiger partial charge in [0.1, 0.15) is 5.75 Å². The van der Waals surface area contributed by atoms with Gasteiger partial charge in [-0.05, 0) is 44.0 Å². The van der Waals surface area contributed by atoms with Crippen LogP contribution in [0.1, 0.15) is 37.0 Å². The topological polar surface area (TPSA) is 101 Å². The van der Waals surface area contributed by atoms with Gasteiger partial charge in [-0.1, -0.05) is 6.92 Å². The van der Waals surface area contributed by atoms with Gasteiger partial charge in [-0.2, -0.15) is 0 Å². The molecule has 0 unspecified atom stereocenters. The maximum Gasteiger partial charge on any atom is 0.338 e. The Kier molecular flexibility index (Phi) is 6.05. The highest BCUT2D eigenvalue weighted by molar-refractivity contribution is 7.91. The number of rotatable bonds is 6. The first-order valence-corrected chi connectivity index (χ1v) is 10.0. The number of sulfone groups is 1. The van der Waals surface area contributed by atoms with Gasteiger partial charge in [0, 0.05) is 12.1 Å². The Morgan fingerprint density at radius 2 is 1.96 bits per heavy atom. The second-order valence-electron chi connectivity index (χ2n) is 6.24. The maximum absolute atomic E-state index is 12.5. The molecule has 1 N–H and O–H groups in total. The number of nitrogens with zero attached hydrogens (tertiary/aromatic N) is 1. The number of hydrogen-bond donors (Lipinski definition) is 1. The highest BCUT2D eigenvalue weighted by Crippen LogP contribution is 2.21. The van der Waals surface area contributed by atoms with Gasteiger partial charge in [-0.25, -0.2) is 13.2 Å². The van der Waals surface area contributed by atoms with Crippen LogP contribution in [0.25, 0.3) is 0 Å². The first kappa shape index (κ1) is 19.2. The Balaban J connectivity index is 2.02. The number of amides is 1. The third kappa shape index (κ3) is 4.94. The summed E-state index contributed by atoms with van der Waals surface area (Å²) >= 11 is 0. The van der Waals surface area contributed by atoms with Crippen molar-refractivity contribution in [2.45, 2.75) is 38.8 Å². The summed E-state index contributed by atoms with van der Waals surface area (Å²) < 4.78 is 28.5.